The van der Waals surface area contributed by atoms with Crippen LogP contribution >= 0.6 is 0 Å². The van der Waals surface area contributed by atoms with Crippen molar-refractivity contribution < 1.29 is 14.3 Å². The van der Waals surface area contributed by atoms with E-state index >= 15 is 0 Å². The van der Waals surface area contributed by atoms with Crippen molar-refractivity contribution in [3.05, 3.63) is 66.4 Å². The Balaban J connectivity index is 1.27. The van der Waals surface area contributed by atoms with Gasteiger partial charge in [-0.2, -0.15) is 0 Å². The monoisotopic (exact) mass is 406 g/mol. The van der Waals surface area contributed by atoms with Crippen molar-refractivity contribution in [3.63, 3.8) is 0 Å². The molecule has 1 aromatic heterocycles. The van der Waals surface area contributed by atoms with Gasteiger partial charge in [-0.25, -0.2) is 4.79 Å². The van der Waals surface area contributed by atoms with Gasteiger partial charge in [0.2, 0.25) is 0 Å². The van der Waals surface area contributed by atoms with E-state index in [0.29, 0.717) is 18.8 Å². The summed E-state index contributed by atoms with van der Waals surface area (Å²) in [5.74, 6) is 0.807. The first-order valence-corrected chi connectivity index (χ1v) is 10.2. The third kappa shape index (κ3) is 5.46. The Kier molecular flexibility index (Phi) is 6.74. The van der Waals surface area contributed by atoms with Crippen LogP contribution in [0.4, 0.5) is 10.5 Å². The zero-order valence-electron chi connectivity index (χ0n) is 16.8. The average Bonchev–Trinajstić information content (AvgIpc) is 2.79. The van der Waals surface area contributed by atoms with E-state index in [-0.39, 0.29) is 6.03 Å². The number of carbonyl (C=O) groups excluding carboxylic acids is 1. The van der Waals surface area contributed by atoms with E-state index in [9.17, 15) is 4.79 Å². The molecule has 0 atom stereocenters. The topological polar surface area (TPSA) is 75.7 Å². The Bertz CT molecular complexity index is 984. The fourth-order valence-electron chi connectivity index (χ4n) is 3.42. The van der Waals surface area contributed by atoms with Gasteiger partial charge in [0, 0.05) is 37.8 Å². The van der Waals surface area contributed by atoms with Gasteiger partial charge < -0.3 is 20.1 Å². The van der Waals surface area contributed by atoms with Crippen molar-refractivity contribution in [2.24, 2.45) is 0 Å². The van der Waals surface area contributed by atoms with E-state index in [1.165, 1.54) is 0 Å². The van der Waals surface area contributed by atoms with Crippen LogP contribution in [0.1, 0.15) is 5.56 Å². The first-order valence-electron chi connectivity index (χ1n) is 10.2. The summed E-state index contributed by atoms with van der Waals surface area (Å²) < 4.78 is 11.2. The number of rotatable bonds is 7. The molecule has 2 aromatic carbocycles. The Morgan fingerprint density at radius 1 is 1.10 bits per heavy atom. The Labute approximate surface area is 176 Å². The number of anilines is 1. The number of morpholine rings is 1. The van der Waals surface area contributed by atoms with E-state index in [1.807, 2.05) is 54.6 Å². The largest absolute Gasteiger partial charge is 0.492 e. The van der Waals surface area contributed by atoms with Crippen LogP contribution in [-0.4, -0.2) is 55.4 Å². The van der Waals surface area contributed by atoms with Crippen LogP contribution in [-0.2, 0) is 11.3 Å². The quantitative estimate of drug-likeness (QED) is 0.630. The van der Waals surface area contributed by atoms with Gasteiger partial charge in [-0.3, -0.25) is 9.88 Å². The number of fused-ring (bicyclic) bond motifs is 1. The molecule has 1 aliphatic rings. The zero-order valence-corrected chi connectivity index (χ0v) is 16.8. The van der Waals surface area contributed by atoms with E-state index in [2.05, 4.69) is 20.5 Å². The van der Waals surface area contributed by atoms with Gasteiger partial charge in [0.25, 0.3) is 0 Å². The SMILES string of the molecule is O=C(NCc1cccc(OCCN2CCOCC2)c1)Nc1cccc2cccnc12. The number of hydrogen-bond donors (Lipinski definition) is 2. The molecule has 7 heteroatoms. The second kappa shape index (κ2) is 10.0. The molecular weight excluding hydrogens is 380 g/mol. The minimum Gasteiger partial charge on any atom is -0.492 e. The number of nitrogens with zero attached hydrogens (tertiary/aromatic N) is 2. The number of nitrogens with one attached hydrogen (secondary N) is 2. The standard InChI is InChI=1S/C23H26N4O3/c28-23(26-21-8-2-5-19-6-3-9-24-22(19)21)25-17-18-4-1-7-20(16-18)30-15-12-27-10-13-29-14-11-27/h1-9,16H,10-15,17H2,(H2,25,26,28). The maximum Gasteiger partial charge on any atom is 0.319 e. The minimum atomic E-state index is -0.271. The van der Waals surface area contributed by atoms with Gasteiger partial charge in [-0.1, -0.05) is 30.3 Å². The van der Waals surface area contributed by atoms with Crippen LogP contribution in [0.25, 0.3) is 10.9 Å². The molecule has 0 bridgehead atoms. The van der Waals surface area contributed by atoms with Crippen molar-refractivity contribution in [2.75, 3.05) is 44.8 Å². The van der Waals surface area contributed by atoms with Gasteiger partial charge >= 0.3 is 6.03 Å². The van der Waals surface area contributed by atoms with Gasteiger partial charge in [0.05, 0.1) is 24.4 Å². The second-order valence-electron chi connectivity index (χ2n) is 7.14. The van der Waals surface area contributed by atoms with Gasteiger partial charge in [-0.15, -0.1) is 0 Å². The number of pyridine rings is 1. The number of carbonyl (C=O) groups is 1. The number of ether oxygens (including phenoxy) is 2. The molecule has 7 nitrogen and oxygen atoms in total. The van der Waals surface area contributed by atoms with E-state index in [4.69, 9.17) is 9.47 Å². The first kappa shape index (κ1) is 20.1. The summed E-state index contributed by atoms with van der Waals surface area (Å²) in [7, 11) is 0. The van der Waals surface area contributed by atoms with Crippen molar-refractivity contribution in [3.8, 4) is 5.75 Å². The Morgan fingerprint density at radius 3 is 2.83 bits per heavy atom. The van der Waals surface area contributed by atoms with Crippen LogP contribution in [0, 0.1) is 0 Å². The molecule has 2 amide bonds. The zero-order chi connectivity index (χ0) is 20.6. The third-order valence-electron chi connectivity index (χ3n) is 5.01. The second-order valence-corrected chi connectivity index (χ2v) is 7.14. The van der Waals surface area contributed by atoms with E-state index in [0.717, 1.165) is 55.1 Å². The highest BCUT2D eigenvalue weighted by atomic mass is 16.5. The Hall–Kier alpha value is -3.16. The smallest absolute Gasteiger partial charge is 0.319 e. The molecule has 1 saturated heterocycles. The summed E-state index contributed by atoms with van der Waals surface area (Å²) in [5.41, 5.74) is 2.43. The van der Waals surface area contributed by atoms with Crippen molar-refractivity contribution in [1.82, 2.24) is 15.2 Å². The molecule has 4 rings (SSSR count). The minimum absolute atomic E-state index is 0.271. The van der Waals surface area contributed by atoms with Crippen molar-refractivity contribution in [1.29, 1.82) is 0 Å². The number of benzene rings is 2. The summed E-state index contributed by atoms with van der Waals surface area (Å²) in [6.45, 7) is 5.41. The predicted octanol–water partition coefficient (Wildman–Crippen LogP) is 3.27. The van der Waals surface area contributed by atoms with E-state index in [1.54, 1.807) is 6.20 Å². The summed E-state index contributed by atoms with van der Waals surface area (Å²) in [4.78, 5) is 19.1. The van der Waals surface area contributed by atoms with Crippen molar-refractivity contribution >= 4 is 22.6 Å². The molecule has 0 unspecified atom stereocenters. The molecule has 0 radical (unpaired) electrons. The number of para-hydroxylation sites is 1. The molecule has 30 heavy (non-hydrogen) atoms. The summed E-state index contributed by atoms with van der Waals surface area (Å²) in [6.07, 6.45) is 1.72. The fraction of sp³-hybridized carbons (Fsp3) is 0.304. The molecule has 0 saturated carbocycles. The van der Waals surface area contributed by atoms with Gasteiger partial charge in [0.15, 0.2) is 0 Å². The average molecular weight is 406 g/mol. The van der Waals surface area contributed by atoms with E-state index < -0.39 is 0 Å². The highest BCUT2D eigenvalue weighted by Gasteiger charge is 2.10. The van der Waals surface area contributed by atoms with Crippen LogP contribution in [0.5, 0.6) is 5.75 Å². The molecule has 3 aromatic rings. The molecule has 1 aliphatic heterocycles. The highest BCUT2D eigenvalue weighted by Crippen LogP contribution is 2.20. The van der Waals surface area contributed by atoms with Gasteiger partial charge in [-0.05, 0) is 29.8 Å². The lowest BCUT2D eigenvalue weighted by atomic mass is 10.2. The molecule has 156 valence electrons. The molecule has 0 aliphatic carbocycles. The maximum atomic E-state index is 12.4. The lowest BCUT2D eigenvalue weighted by Gasteiger charge is -2.26. The van der Waals surface area contributed by atoms with Crippen LogP contribution in [0.3, 0.4) is 0 Å². The number of urea groups is 1. The number of hydrogen-bond acceptors (Lipinski definition) is 5. The van der Waals surface area contributed by atoms with Crippen LogP contribution < -0.4 is 15.4 Å². The highest BCUT2D eigenvalue weighted by molar-refractivity contribution is 5.99. The van der Waals surface area contributed by atoms with Crippen LogP contribution in [0.15, 0.2) is 60.8 Å². The molecular formula is C23H26N4O3. The molecule has 1 fully saturated rings. The predicted molar refractivity (Wildman–Crippen MR) is 117 cm³/mol. The third-order valence-corrected chi connectivity index (χ3v) is 5.01. The molecule has 2 heterocycles. The molecule has 2 N–H and O–H groups in total. The summed E-state index contributed by atoms with van der Waals surface area (Å²) in [5, 5.41) is 6.76. The summed E-state index contributed by atoms with van der Waals surface area (Å²) in [6, 6.07) is 17.1. The Morgan fingerprint density at radius 2 is 1.93 bits per heavy atom. The molecule has 0 spiro atoms. The fourth-order valence-corrected chi connectivity index (χ4v) is 3.42. The lowest BCUT2D eigenvalue weighted by molar-refractivity contribution is 0.0322. The normalized spacial score (nSPS) is 14.4. The van der Waals surface area contributed by atoms with Crippen molar-refractivity contribution in [2.45, 2.75) is 6.54 Å². The summed E-state index contributed by atoms with van der Waals surface area (Å²) >= 11 is 0. The maximum absolute atomic E-state index is 12.4. The van der Waals surface area contributed by atoms with Crippen LogP contribution in [0.2, 0.25) is 0 Å². The number of amides is 2. The lowest BCUT2D eigenvalue weighted by Crippen LogP contribution is -2.38. The first-order chi connectivity index (χ1) is 14.8. The number of aromatic nitrogens is 1. The van der Waals surface area contributed by atoms with Gasteiger partial charge in [0.1, 0.15) is 12.4 Å².